The van der Waals surface area contributed by atoms with E-state index in [2.05, 4.69) is 5.43 Å². The Morgan fingerprint density at radius 3 is 2.39 bits per heavy atom. The van der Waals surface area contributed by atoms with Crippen LogP contribution in [0, 0.1) is 5.92 Å². The maximum Gasteiger partial charge on any atom is 0.324 e. The number of hydrogen-bond donors (Lipinski definition) is 2. The molecule has 0 aromatic heterocycles. The second-order valence-electron chi connectivity index (χ2n) is 5.77. The van der Waals surface area contributed by atoms with Gasteiger partial charge in [0.25, 0.3) is 0 Å². The molecule has 2 aromatic carbocycles. The van der Waals surface area contributed by atoms with Crippen LogP contribution in [0.2, 0.25) is 5.02 Å². The topological polar surface area (TPSA) is 128 Å². The molecule has 0 aliphatic carbocycles. The maximum absolute atomic E-state index is 12.0. The molecular weight excluding hydrogens is 566 g/mol. The van der Waals surface area contributed by atoms with Crippen molar-refractivity contribution >= 4 is 34.3 Å². The fourth-order valence-electron chi connectivity index (χ4n) is 2.03. The summed E-state index contributed by atoms with van der Waals surface area (Å²) >= 11 is 5.95. The third-order valence-corrected chi connectivity index (χ3v) is 3.66. The zero-order valence-electron chi connectivity index (χ0n) is 15.1. The molecule has 0 atom stereocenters. The first-order valence-electron chi connectivity index (χ1n) is 7.93. The summed E-state index contributed by atoms with van der Waals surface area (Å²) in [5, 5.41) is 2.38. The summed E-state index contributed by atoms with van der Waals surface area (Å²) in [5.41, 5.74) is 8.61. The summed E-state index contributed by atoms with van der Waals surface area (Å²) in [7, 11) is 0. The van der Waals surface area contributed by atoms with Gasteiger partial charge < -0.3 is 31.2 Å². The Bertz CT molecular complexity index is 889. The van der Waals surface area contributed by atoms with Crippen molar-refractivity contribution in [3.63, 3.8) is 0 Å². The van der Waals surface area contributed by atoms with Crippen LogP contribution >= 0.6 is 11.6 Å². The van der Waals surface area contributed by atoms with E-state index in [4.69, 9.17) is 37.4 Å². The number of esters is 2. The van der Waals surface area contributed by atoms with Crippen LogP contribution in [-0.4, -0.2) is 18.7 Å². The van der Waals surface area contributed by atoms with Gasteiger partial charge in [0.2, 0.25) is 6.79 Å². The molecule has 1 radical (unpaired) electrons. The molecule has 28 heavy (non-hydrogen) atoms. The van der Waals surface area contributed by atoms with E-state index in [9.17, 15) is 9.59 Å². The van der Waals surface area contributed by atoms with E-state index >= 15 is 0 Å². The molecule has 0 aliphatic heterocycles. The summed E-state index contributed by atoms with van der Waals surface area (Å²) in [6.07, 6.45) is 0. The summed E-state index contributed by atoms with van der Waals surface area (Å²) in [4.78, 5) is 23.3. The van der Waals surface area contributed by atoms with Crippen LogP contribution in [0.4, 0.5) is 0 Å². The molecule has 0 spiro atoms. The molecule has 8 nitrogen and oxygen atoms in total. The normalized spacial score (nSPS) is 11.3. The fraction of sp³-hybridized carbons (Fsp3) is 0.222. The van der Waals surface area contributed by atoms with Crippen LogP contribution in [0.5, 0.6) is 5.75 Å². The van der Waals surface area contributed by atoms with Gasteiger partial charge in [-0.05, 0) is 35.0 Å². The van der Waals surface area contributed by atoms with Crippen molar-refractivity contribution in [3.8, 4) is 5.75 Å². The van der Waals surface area contributed by atoms with Crippen LogP contribution < -0.4 is 16.3 Å². The second kappa shape index (κ2) is 10.9. The van der Waals surface area contributed by atoms with Gasteiger partial charge in [0.1, 0.15) is 5.75 Å². The van der Waals surface area contributed by atoms with Crippen LogP contribution in [0.3, 0.4) is 0 Å². The third kappa shape index (κ3) is 6.38. The van der Waals surface area contributed by atoms with Gasteiger partial charge in [-0.1, -0.05) is 37.6 Å². The number of benzene rings is 2. The van der Waals surface area contributed by atoms with Crippen LogP contribution in [0.1, 0.15) is 13.8 Å². The Hall–Kier alpha value is -2.32. The molecule has 0 bridgehead atoms. The van der Waals surface area contributed by atoms with E-state index in [1.165, 1.54) is 0 Å². The molecule has 0 amide bonds. The van der Waals surface area contributed by atoms with Crippen molar-refractivity contribution < 1.29 is 43.9 Å². The Morgan fingerprint density at radius 1 is 1.11 bits per heavy atom. The van der Waals surface area contributed by atoms with E-state index in [0.29, 0.717) is 10.8 Å². The molecule has 4 N–H and O–H groups in total. The number of rotatable bonds is 7. The monoisotopic (exact) mass is 585 g/mol. The zero-order chi connectivity index (χ0) is 20.0. The fourth-order valence-corrected chi connectivity index (χ4v) is 2.21. The Kier molecular flexibility index (Phi) is 9.21. The van der Waals surface area contributed by atoms with Crippen molar-refractivity contribution in [2.75, 3.05) is 6.79 Å². The third-order valence-electron chi connectivity index (χ3n) is 3.42. The summed E-state index contributed by atoms with van der Waals surface area (Å²) in [6, 6.07) is 10.5. The smallest absolute Gasteiger partial charge is 0.324 e. The van der Waals surface area contributed by atoms with Gasteiger partial charge in [-0.2, -0.15) is 0 Å². The first kappa shape index (κ1) is 23.7. The first-order valence-corrected chi connectivity index (χ1v) is 8.31. The van der Waals surface area contributed by atoms with Crippen molar-refractivity contribution in [2.24, 2.45) is 17.5 Å². The van der Waals surface area contributed by atoms with E-state index in [1.807, 2.05) is 6.07 Å². The SMILES string of the molecule is CC(C)C(=O)OCOC(=O)/C([N-]N)=C(/N)Oc1ccc2cc(Cl)ccc2c1.[Ir]. The van der Waals surface area contributed by atoms with Gasteiger partial charge in [0, 0.05) is 30.8 Å². The van der Waals surface area contributed by atoms with Crippen molar-refractivity contribution in [3.05, 3.63) is 58.4 Å². The molecule has 0 saturated carbocycles. The molecular formula is C18H19ClIrN3O5-. The predicted molar refractivity (Wildman–Crippen MR) is 100 cm³/mol. The standard InChI is InChI=1S/C18H19ClN3O5.Ir/c1-10(2)17(23)25-9-26-18(24)15(22-21)16(20)27-14-6-4-11-7-13(19)5-3-12(11)8-14;/h3-8,10H,9,21H2,1-2H3,(H2,20,24);/q-1;. The molecule has 0 aliphatic rings. The minimum atomic E-state index is -0.987. The van der Waals surface area contributed by atoms with Crippen LogP contribution in [0.25, 0.3) is 16.2 Å². The number of carbonyl (C=O) groups excluding carboxylic acids is 2. The van der Waals surface area contributed by atoms with Crippen LogP contribution in [0.15, 0.2) is 48.0 Å². The minimum Gasteiger partial charge on any atom is -0.615 e. The molecule has 10 heteroatoms. The summed E-state index contributed by atoms with van der Waals surface area (Å²) in [6.45, 7) is 2.71. The number of ether oxygens (including phenoxy) is 3. The largest absolute Gasteiger partial charge is 0.615 e. The summed E-state index contributed by atoms with van der Waals surface area (Å²) < 4.78 is 14.9. The molecule has 2 aromatic rings. The quantitative estimate of drug-likeness (QED) is 0.128. The Labute approximate surface area is 180 Å². The van der Waals surface area contributed by atoms with Crippen molar-refractivity contribution in [1.29, 1.82) is 0 Å². The predicted octanol–water partition coefficient (Wildman–Crippen LogP) is 2.94. The number of halogens is 1. The minimum absolute atomic E-state index is 0. The second-order valence-corrected chi connectivity index (χ2v) is 6.20. The Balaban J connectivity index is 0.00000392. The number of nitrogens with zero attached hydrogens (tertiary/aromatic N) is 1. The number of carbonyl (C=O) groups is 2. The van der Waals surface area contributed by atoms with Gasteiger partial charge in [-0.15, -0.1) is 0 Å². The maximum atomic E-state index is 12.0. The van der Waals surface area contributed by atoms with E-state index in [1.54, 1.807) is 44.2 Å². The average molecular weight is 585 g/mol. The van der Waals surface area contributed by atoms with E-state index in [0.717, 1.165) is 10.8 Å². The van der Waals surface area contributed by atoms with Gasteiger partial charge in [0.15, 0.2) is 5.88 Å². The first-order chi connectivity index (χ1) is 12.8. The Morgan fingerprint density at radius 2 is 1.75 bits per heavy atom. The van der Waals surface area contributed by atoms with Crippen molar-refractivity contribution in [1.82, 2.24) is 0 Å². The number of hydrogen-bond acceptors (Lipinski definition) is 7. The molecule has 0 saturated heterocycles. The van der Waals surface area contributed by atoms with E-state index < -0.39 is 24.4 Å². The van der Waals surface area contributed by atoms with E-state index in [-0.39, 0.29) is 31.9 Å². The summed E-state index contributed by atoms with van der Waals surface area (Å²) in [5.74, 6) is 3.35. The van der Waals surface area contributed by atoms with Gasteiger partial charge in [-0.25, -0.2) is 4.79 Å². The molecule has 153 valence electrons. The molecule has 0 unspecified atom stereocenters. The van der Waals surface area contributed by atoms with Gasteiger partial charge >= 0.3 is 11.9 Å². The van der Waals surface area contributed by atoms with Gasteiger partial charge in [-0.3, -0.25) is 4.79 Å². The zero-order valence-corrected chi connectivity index (χ0v) is 18.3. The molecule has 0 heterocycles. The molecule has 0 fully saturated rings. The number of nitrogens with two attached hydrogens (primary N) is 2. The average Bonchev–Trinajstić information content (AvgIpc) is 2.62. The number of fused-ring (bicyclic) bond motifs is 1. The molecule has 2 rings (SSSR count). The van der Waals surface area contributed by atoms with Crippen LogP contribution in [-0.2, 0) is 39.2 Å². The van der Waals surface area contributed by atoms with Gasteiger partial charge in [0.05, 0.1) is 5.92 Å². The van der Waals surface area contributed by atoms with Crippen molar-refractivity contribution in [2.45, 2.75) is 13.8 Å².